The van der Waals surface area contributed by atoms with Gasteiger partial charge in [-0.1, -0.05) is 53.7 Å². The van der Waals surface area contributed by atoms with Gasteiger partial charge in [-0.05, 0) is 43.2 Å². The van der Waals surface area contributed by atoms with Gasteiger partial charge in [-0.2, -0.15) is 0 Å². The lowest BCUT2D eigenvalue weighted by molar-refractivity contribution is -0.115. The normalized spacial score (nSPS) is 12.0. The summed E-state index contributed by atoms with van der Waals surface area (Å²) in [6.45, 7) is 4.14. The number of rotatable bonds is 6. The van der Waals surface area contributed by atoms with Crippen molar-refractivity contribution in [2.45, 2.75) is 24.1 Å². The van der Waals surface area contributed by atoms with Gasteiger partial charge < -0.3 is 10.1 Å². The average Bonchev–Trinajstić information content (AvgIpc) is 3.07. The average molecular weight is 470 g/mol. The number of fused-ring (bicyclic) bond motifs is 1. The Hall–Kier alpha value is -2.61. The van der Waals surface area contributed by atoms with Gasteiger partial charge in [0.15, 0.2) is 0 Å². The summed E-state index contributed by atoms with van der Waals surface area (Å²) in [5.74, 6) is 0.397. The molecule has 8 heteroatoms. The van der Waals surface area contributed by atoms with Crippen molar-refractivity contribution in [1.29, 1.82) is 0 Å². The van der Waals surface area contributed by atoms with Gasteiger partial charge in [0.25, 0.3) is 0 Å². The van der Waals surface area contributed by atoms with Crippen molar-refractivity contribution in [1.82, 2.24) is 9.97 Å². The number of ether oxygens (including phenoxy) is 1. The zero-order chi connectivity index (χ0) is 22.0. The van der Waals surface area contributed by atoms with Gasteiger partial charge in [-0.15, -0.1) is 11.3 Å². The van der Waals surface area contributed by atoms with Crippen LogP contribution in [-0.2, 0) is 4.79 Å². The minimum atomic E-state index is -0.500. The van der Waals surface area contributed by atoms with Crippen LogP contribution in [0.4, 0.5) is 5.69 Å². The number of nitrogens with one attached hydrogen (secondary N) is 1. The van der Waals surface area contributed by atoms with Crippen molar-refractivity contribution in [3.8, 4) is 5.75 Å². The molecule has 5 nitrogen and oxygen atoms in total. The van der Waals surface area contributed by atoms with Crippen LogP contribution in [-0.4, -0.2) is 23.0 Å². The minimum absolute atomic E-state index is 0.159. The molecule has 0 aliphatic heterocycles. The van der Waals surface area contributed by atoms with Gasteiger partial charge in [0, 0.05) is 16.0 Å². The highest BCUT2D eigenvalue weighted by molar-refractivity contribution is 8.00. The molecule has 1 N–H and O–H groups in total. The molecule has 0 aliphatic carbocycles. The molecule has 0 bridgehead atoms. The molecule has 2 aromatic heterocycles. The first kappa shape index (κ1) is 21.6. The van der Waals surface area contributed by atoms with Crippen molar-refractivity contribution in [2.75, 3.05) is 12.4 Å². The Labute approximate surface area is 193 Å². The smallest absolute Gasteiger partial charge is 0.242 e. The van der Waals surface area contributed by atoms with Gasteiger partial charge >= 0.3 is 0 Å². The number of nitrogens with zero attached hydrogens (tertiary/aromatic N) is 2. The highest BCUT2D eigenvalue weighted by Gasteiger charge is 2.25. The lowest BCUT2D eigenvalue weighted by Crippen LogP contribution is -2.19. The van der Waals surface area contributed by atoms with E-state index in [0.717, 1.165) is 26.4 Å². The molecule has 0 saturated heterocycles. The number of carbonyl (C=O) groups excluding carboxylic acids is 1. The van der Waals surface area contributed by atoms with E-state index < -0.39 is 5.25 Å². The van der Waals surface area contributed by atoms with Gasteiger partial charge in [-0.25, -0.2) is 9.97 Å². The summed E-state index contributed by atoms with van der Waals surface area (Å²) in [7, 11) is 1.55. The number of halogens is 1. The van der Waals surface area contributed by atoms with Crippen molar-refractivity contribution < 1.29 is 9.53 Å². The third-order valence-electron chi connectivity index (χ3n) is 4.92. The predicted octanol–water partition coefficient (Wildman–Crippen LogP) is 6.44. The summed E-state index contributed by atoms with van der Waals surface area (Å²) in [6, 6.07) is 14.9. The van der Waals surface area contributed by atoms with E-state index in [4.69, 9.17) is 16.3 Å². The van der Waals surface area contributed by atoms with Crippen molar-refractivity contribution in [3.63, 3.8) is 0 Å². The van der Waals surface area contributed by atoms with Crippen LogP contribution < -0.4 is 10.1 Å². The summed E-state index contributed by atoms with van der Waals surface area (Å²) >= 11 is 9.29. The van der Waals surface area contributed by atoms with Gasteiger partial charge in [0.2, 0.25) is 5.91 Å². The van der Waals surface area contributed by atoms with E-state index in [1.165, 1.54) is 16.6 Å². The molecule has 2 heterocycles. The number of methoxy groups -OCH3 is 1. The fourth-order valence-corrected chi connectivity index (χ4v) is 5.68. The van der Waals surface area contributed by atoms with Crippen LogP contribution in [0, 0.1) is 13.8 Å². The molecule has 1 amide bonds. The third kappa shape index (κ3) is 4.54. The first-order chi connectivity index (χ1) is 15.0. The zero-order valence-electron chi connectivity index (χ0n) is 17.2. The Kier molecular flexibility index (Phi) is 6.46. The second-order valence-electron chi connectivity index (χ2n) is 6.89. The predicted molar refractivity (Wildman–Crippen MR) is 129 cm³/mol. The minimum Gasteiger partial charge on any atom is -0.495 e. The number of amides is 1. The van der Waals surface area contributed by atoms with Gasteiger partial charge in [0.05, 0.1) is 12.1 Å². The first-order valence-corrected chi connectivity index (χ1v) is 11.6. The summed E-state index contributed by atoms with van der Waals surface area (Å²) in [5, 5.41) is 4.72. The van der Waals surface area contributed by atoms with Crippen molar-refractivity contribution >= 4 is 56.5 Å². The second kappa shape index (κ2) is 9.26. The Bertz CT molecular complexity index is 1240. The zero-order valence-corrected chi connectivity index (χ0v) is 19.6. The Morgan fingerprint density at radius 1 is 1.16 bits per heavy atom. The van der Waals surface area contributed by atoms with Crippen LogP contribution in [0.3, 0.4) is 0 Å². The molecule has 2 aromatic carbocycles. The van der Waals surface area contributed by atoms with Gasteiger partial charge in [-0.3, -0.25) is 4.79 Å². The topological polar surface area (TPSA) is 64.1 Å². The number of thiophene rings is 1. The maximum Gasteiger partial charge on any atom is 0.242 e. The van der Waals surface area contributed by atoms with E-state index in [2.05, 4.69) is 29.1 Å². The molecular weight excluding hydrogens is 450 g/mol. The van der Waals surface area contributed by atoms with Crippen molar-refractivity contribution in [3.05, 3.63) is 75.9 Å². The maximum atomic E-state index is 13.4. The number of thioether (sulfide) groups is 1. The standard InChI is InChI=1S/C23H20ClN3O2S2/c1-13-14(2)30-22-19(13)23(26-12-25-22)31-20(15-7-5-4-6-8-15)21(28)27-16-9-10-18(29-3)17(24)11-16/h4-12,20H,1-3H3,(H,27,28). The van der Waals surface area contributed by atoms with Crippen LogP contribution in [0.2, 0.25) is 5.02 Å². The molecule has 0 aliphatic rings. The molecule has 158 valence electrons. The summed E-state index contributed by atoms with van der Waals surface area (Å²) in [5.41, 5.74) is 2.64. The Morgan fingerprint density at radius 3 is 2.65 bits per heavy atom. The number of anilines is 1. The number of benzene rings is 2. The molecule has 0 radical (unpaired) electrons. The third-order valence-corrected chi connectivity index (χ3v) is 7.59. The Morgan fingerprint density at radius 2 is 1.94 bits per heavy atom. The van der Waals surface area contributed by atoms with Crippen LogP contribution in [0.15, 0.2) is 59.9 Å². The number of aryl methyl sites for hydroxylation is 2. The fourth-order valence-electron chi connectivity index (χ4n) is 3.20. The highest BCUT2D eigenvalue weighted by atomic mass is 35.5. The molecule has 0 spiro atoms. The van der Waals surface area contributed by atoms with E-state index in [9.17, 15) is 4.79 Å². The first-order valence-electron chi connectivity index (χ1n) is 9.54. The van der Waals surface area contributed by atoms with E-state index in [-0.39, 0.29) is 5.91 Å². The summed E-state index contributed by atoms with van der Waals surface area (Å²) in [6.07, 6.45) is 1.56. The number of hydrogen-bond donors (Lipinski definition) is 1. The second-order valence-corrected chi connectivity index (χ2v) is 9.59. The monoisotopic (exact) mass is 469 g/mol. The Balaban J connectivity index is 1.69. The molecular formula is C23H20ClN3O2S2. The summed E-state index contributed by atoms with van der Waals surface area (Å²) < 4.78 is 5.19. The number of aromatic nitrogens is 2. The SMILES string of the molecule is COc1ccc(NC(=O)C(Sc2ncnc3sc(C)c(C)c23)c2ccccc2)cc1Cl. The van der Waals surface area contributed by atoms with E-state index in [0.29, 0.717) is 16.5 Å². The lowest BCUT2D eigenvalue weighted by atomic mass is 10.1. The van der Waals surface area contributed by atoms with Crippen molar-refractivity contribution in [2.24, 2.45) is 0 Å². The fraction of sp³-hybridized carbons (Fsp3) is 0.174. The molecule has 4 rings (SSSR count). The van der Waals surface area contributed by atoms with E-state index >= 15 is 0 Å². The molecule has 4 aromatic rings. The van der Waals surface area contributed by atoms with Crippen LogP contribution in [0.25, 0.3) is 10.2 Å². The lowest BCUT2D eigenvalue weighted by Gasteiger charge is -2.17. The van der Waals surface area contributed by atoms with E-state index in [1.54, 1.807) is 43.0 Å². The maximum absolute atomic E-state index is 13.4. The molecule has 0 fully saturated rings. The van der Waals surface area contributed by atoms with E-state index in [1.807, 2.05) is 30.3 Å². The number of hydrogen-bond acceptors (Lipinski definition) is 6. The van der Waals surface area contributed by atoms with Crippen LogP contribution in [0.1, 0.15) is 21.3 Å². The number of carbonyl (C=O) groups is 1. The van der Waals surface area contributed by atoms with Crippen LogP contribution >= 0.6 is 34.7 Å². The quantitative estimate of drug-likeness (QED) is 0.260. The van der Waals surface area contributed by atoms with Crippen LogP contribution in [0.5, 0.6) is 5.75 Å². The highest BCUT2D eigenvalue weighted by Crippen LogP contribution is 2.41. The molecule has 1 unspecified atom stereocenters. The summed E-state index contributed by atoms with van der Waals surface area (Å²) in [4.78, 5) is 24.4. The largest absolute Gasteiger partial charge is 0.495 e. The molecule has 0 saturated carbocycles. The van der Waals surface area contributed by atoms with Gasteiger partial charge in [0.1, 0.15) is 27.2 Å². The molecule has 31 heavy (non-hydrogen) atoms. The molecule has 1 atom stereocenters.